The molecule has 1 aliphatic carbocycles. The predicted octanol–water partition coefficient (Wildman–Crippen LogP) is 1.93. The zero-order valence-electron chi connectivity index (χ0n) is 9.90. The van der Waals surface area contributed by atoms with E-state index in [0.717, 1.165) is 35.4 Å². The summed E-state index contributed by atoms with van der Waals surface area (Å²) >= 11 is 1.67. The van der Waals surface area contributed by atoms with Gasteiger partial charge in [-0.25, -0.2) is 0 Å². The van der Waals surface area contributed by atoms with Crippen molar-refractivity contribution in [2.75, 3.05) is 13.7 Å². The zero-order valence-corrected chi connectivity index (χ0v) is 10.7. The second-order valence-corrected chi connectivity index (χ2v) is 5.34. The highest BCUT2D eigenvalue weighted by molar-refractivity contribution is 7.11. The Balaban J connectivity index is 1.69. The molecule has 0 spiro atoms. The summed E-state index contributed by atoms with van der Waals surface area (Å²) in [6.45, 7) is 3.10. The average molecular weight is 241 g/mol. The Bertz CT molecular complexity index is 325. The first-order valence-electron chi connectivity index (χ1n) is 5.88. The Morgan fingerprint density at radius 3 is 3.00 bits per heavy atom. The van der Waals surface area contributed by atoms with Gasteiger partial charge in [0.2, 0.25) is 0 Å². The highest BCUT2D eigenvalue weighted by atomic mass is 32.1. The molecule has 1 N–H and O–H groups in total. The number of rotatable bonds is 7. The second-order valence-electron chi connectivity index (χ2n) is 4.24. The molecule has 1 atom stereocenters. The van der Waals surface area contributed by atoms with Crippen molar-refractivity contribution in [2.45, 2.75) is 44.8 Å². The van der Waals surface area contributed by atoms with E-state index in [4.69, 9.17) is 4.74 Å². The van der Waals surface area contributed by atoms with Crippen LogP contribution in [0.5, 0.6) is 0 Å². The molecular weight excluding hydrogens is 222 g/mol. The van der Waals surface area contributed by atoms with Gasteiger partial charge in [-0.1, -0.05) is 11.3 Å². The van der Waals surface area contributed by atoms with Crippen LogP contribution in [0.3, 0.4) is 0 Å². The lowest BCUT2D eigenvalue weighted by Gasteiger charge is -2.02. The van der Waals surface area contributed by atoms with Crippen LogP contribution in [0.4, 0.5) is 0 Å². The first-order valence-corrected chi connectivity index (χ1v) is 6.69. The van der Waals surface area contributed by atoms with E-state index >= 15 is 0 Å². The van der Waals surface area contributed by atoms with Crippen molar-refractivity contribution in [3.05, 3.63) is 10.0 Å². The molecule has 90 valence electrons. The van der Waals surface area contributed by atoms with Gasteiger partial charge in [0.1, 0.15) is 16.1 Å². The van der Waals surface area contributed by atoms with Crippen LogP contribution in [0, 0.1) is 0 Å². The van der Waals surface area contributed by atoms with Crippen LogP contribution in [-0.4, -0.2) is 29.9 Å². The Kier molecular flexibility index (Phi) is 4.26. The van der Waals surface area contributed by atoms with Crippen LogP contribution < -0.4 is 5.32 Å². The lowest BCUT2D eigenvalue weighted by Crippen LogP contribution is -2.17. The lowest BCUT2D eigenvalue weighted by molar-refractivity contribution is 0.118. The molecule has 4 nitrogen and oxygen atoms in total. The van der Waals surface area contributed by atoms with Crippen molar-refractivity contribution in [3.8, 4) is 0 Å². The fourth-order valence-corrected chi connectivity index (χ4v) is 2.38. The number of aromatic nitrogens is 2. The van der Waals surface area contributed by atoms with Gasteiger partial charge in [-0.3, -0.25) is 0 Å². The summed E-state index contributed by atoms with van der Waals surface area (Å²) in [6.07, 6.45) is 4.94. The first kappa shape index (κ1) is 12.0. The van der Waals surface area contributed by atoms with Gasteiger partial charge in [-0.15, -0.1) is 10.2 Å². The number of nitrogens with zero attached hydrogens (tertiary/aromatic N) is 2. The maximum atomic E-state index is 5.21. The molecule has 0 amide bonds. The Labute approximate surface area is 100 Å². The molecule has 0 aromatic carbocycles. The highest BCUT2D eigenvalue weighted by Gasteiger charge is 2.19. The Morgan fingerprint density at radius 1 is 1.50 bits per heavy atom. The quantitative estimate of drug-likeness (QED) is 0.741. The van der Waals surface area contributed by atoms with Crippen LogP contribution in [0.15, 0.2) is 0 Å². The van der Waals surface area contributed by atoms with Gasteiger partial charge in [0.25, 0.3) is 0 Å². The maximum Gasteiger partial charge on any atom is 0.146 e. The number of nitrogens with one attached hydrogen (secondary N) is 1. The van der Waals surface area contributed by atoms with Gasteiger partial charge in [-0.2, -0.15) is 0 Å². The van der Waals surface area contributed by atoms with E-state index in [9.17, 15) is 0 Å². The van der Waals surface area contributed by atoms with Crippen molar-refractivity contribution in [2.24, 2.45) is 0 Å². The third-order valence-electron chi connectivity index (χ3n) is 2.76. The van der Waals surface area contributed by atoms with Crippen LogP contribution >= 0.6 is 11.3 Å². The summed E-state index contributed by atoms with van der Waals surface area (Å²) in [7, 11) is 1.70. The molecule has 0 aliphatic heterocycles. The minimum Gasteiger partial charge on any atom is -0.374 e. The molecule has 16 heavy (non-hydrogen) atoms. The monoisotopic (exact) mass is 241 g/mol. The van der Waals surface area contributed by atoms with E-state index in [0.29, 0.717) is 0 Å². The maximum absolute atomic E-state index is 5.21. The van der Waals surface area contributed by atoms with Crippen molar-refractivity contribution in [1.29, 1.82) is 0 Å². The van der Waals surface area contributed by atoms with Crippen molar-refractivity contribution < 1.29 is 4.74 Å². The van der Waals surface area contributed by atoms with Crippen molar-refractivity contribution in [1.82, 2.24) is 15.5 Å². The number of ether oxygens (including phenoxy) is 1. The summed E-state index contributed by atoms with van der Waals surface area (Å²) in [5.74, 6) is 0. The number of hydrogen-bond donors (Lipinski definition) is 1. The molecule has 0 bridgehead atoms. The Morgan fingerprint density at radius 2 is 2.31 bits per heavy atom. The van der Waals surface area contributed by atoms with Gasteiger partial charge in [0.15, 0.2) is 0 Å². The standard InChI is InChI=1S/C11H19N3OS/c1-8(15-2)11-14-13-10(16-11)4-3-7-12-9-5-6-9/h8-9,12H,3-7H2,1-2H3. The van der Waals surface area contributed by atoms with E-state index < -0.39 is 0 Å². The molecule has 1 aliphatic rings. The zero-order chi connectivity index (χ0) is 11.4. The van der Waals surface area contributed by atoms with Crippen molar-refractivity contribution in [3.63, 3.8) is 0 Å². The number of hydrogen-bond acceptors (Lipinski definition) is 5. The molecule has 0 saturated heterocycles. The predicted molar refractivity (Wildman–Crippen MR) is 64.7 cm³/mol. The largest absolute Gasteiger partial charge is 0.374 e. The van der Waals surface area contributed by atoms with Gasteiger partial charge in [0, 0.05) is 19.6 Å². The average Bonchev–Trinajstić information content (AvgIpc) is 3.01. The van der Waals surface area contributed by atoms with Crippen LogP contribution in [0.25, 0.3) is 0 Å². The smallest absolute Gasteiger partial charge is 0.146 e. The Hall–Kier alpha value is -0.520. The third-order valence-corrected chi connectivity index (χ3v) is 3.91. The summed E-state index contributed by atoms with van der Waals surface area (Å²) in [4.78, 5) is 0. The van der Waals surface area contributed by atoms with Crippen LogP contribution in [0.1, 0.15) is 42.3 Å². The van der Waals surface area contributed by atoms with E-state index in [1.807, 2.05) is 6.92 Å². The molecule has 5 heteroatoms. The molecule has 0 radical (unpaired) electrons. The molecule has 2 rings (SSSR count). The molecule has 1 fully saturated rings. The number of methoxy groups -OCH3 is 1. The fourth-order valence-electron chi connectivity index (χ4n) is 1.47. The van der Waals surface area contributed by atoms with E-state index in [1.165, 1.54) is 12.8 Å². The lowest BCUT2D eigenvalue weighted by atomic mass is 10.3. The van der Waals surface area contributed by atoms with Crippen LogP contribution in [-0.2, 0) is 11.2 Å². The minimum absolute atomic E-state index is 0.0656. The number of aryl methyl sites for hydroxylation is 1. The molecule has 1 saturated carbocycles. The summed E-state index contributed by atoms with van der Waals surface area (Å²) < 4.78 is 5.21. The van der Waals surface area contributed by atoms with E-state index in [2.05, 4.69) is 15.5 Å². The van der Waals surface area contributed by atoms with Gasteiger partial charge >= 0.3 is 0 Å². The fraction of sp³-hybridized carbons (Fsp3) is 0.818. The van der Waals surface area contributed by atoms with Gasteiger partial charge in [-0.05, 0) is 32.7 Å². The van der Waals surface area contributed by atoms with E-state index in [-0.39, 0.29) is 6.10 Å². The third kappa shape index (κ3) is 3.50. The molecule has 1 aromatic rings. The normalized spacial score (nSPS) is 17.6. The summed E-state index contributed by atoms with van der Waals surface area (Å²) in [5.41, 5.74) is 0. The SMILES string of the molecule is COC(C)c1nnc(CCCNC2CC2)s1. The molecular formula is C11H19N3OS. The first-order chi connectivity index (χ1) is 7.79. The summed E-state index contributed by atoms with van der Waals surface area (Å²) in [5, 5.41) is 13.9. The summed E-state index contributed by atoms with van der Waals surface area (Å²) in [6, 6.07) is 0.804. The van der Waals surface area contributed by atoms with E-state index in [1.54, 1.807) is 18.4 Å². The highest BCUT2D eigenvalue weighted by Crippen LogP contribution is 2.21. The molecule has 1 aromatic heterocycles. The molecule has 1 heterocycles. The van der Waals surface area contributed by atoms with Gasteiger partial charge < -0.3 is 10.1 Å². The minimum atomic E-state index is 0.0656. The van der Waals surface area contributed by atoms with Crippen molar-refractivity contribution >= 4 is 11.3 Å². The second kappa shape index (κ2) is 5.70. The van der Waals surface area contributed by atoms with Gasteiger partial charge in [0.05, 0.1) is 0 Å². The molecule has 1 unspecified atom stereocenters. The topological polar surface area (TPSA) is 47.0 Å². The van der Waals surface area contributed by atoms with Crippen LogP contribution in [0.2, 0.25) is 0 Å².